The molecule has 0 bridgehead atoms. The van der Waals surface area contributed by atoms with E-state index in [9.17, 15) is 19.2 Å². The molecule has 0 aliphatic carbocycles. The summed E-state index contributed by atoms with van der Waals surface area (Å²) in [5, 5.41) is 2.46. The van der Waals surface area contributed by atoms with Gasteiger partial charge in [-0.1, -0.05) is 54.6 Å². The summed E-state index contributed by atoms with van der Waals surface area (Å²) in [6, 6.07) is 24.8. The second kappa shape index (κ2) is 11.6. The van der Waals surface area contributed by atoms with Crippen molar-refractivity contribution in [1.29, 1.82) is 0 Å². The van der Waals surface area contributed by atoms with Crippen LogP contribution < -0.4 is 5.69 Å². The van der Waals surface area contributed by atoms with Crippen LogP contribution in [0.2, 0.25) is 0 Å². The van der Waals surface area contributed by atoms with Crippen LogP contribution in [0.5, 0.6) is 0 Å². The number of benzene rings is 3. The first-order valence-electron chi connectivity index (χ1n) is 12.0. The number of ether oxygens (including phenoxy) is 4. The van der Waals surface area contributed by atoms with E-state index in [-0.39, 0.29) is 17.7 Å². The Hall–Kier alpha value is -5.03. The number of esters is 3. The van der Waals surface area contributed by atoms with Gasteiger partial charge >= 0.3 is 23.6 Å². The quantitative estimate of drug-likeness (QED) is 0.270. The highest BCUT2D eigenvalue weighted by atomic mass is 16.7. The van der Waals surface area contributed by atoms with E-state index in [0.717, 1.165) is 0 Å². The number of aromatic nitrogens is 3. The molecule has 11 nitrogen and oxygen atoms in total. The first kappa shape index (κ1) is 25.6. The van der Waals surface area contributed by atoms with E-state index in [1.807, 2.05) is 0 Å². The van der Waals surface area contributed by atoms with Gasteiger partial charge in [0, 0.05) is 0 Å². The first-order valence-corrected chi connectivity index (χ1v) is 12.0. The van der Waals surface area contributed by atoms with Crippen molar-refractivity contribution in [3.8, 4) is 0 Å². The molecule has 1 saturated heterocycles. The van der Waals surface area contributed by atoms with Gasteiger partial charge in [0.15, 0.2) is 18.4 Å². The number of nitrogens with zero attached hydrogens (tertiary/aromatic N) is 2. The molecular formula is C28H23N3O8. The number of H-pyrrole nitrogens is 1. The van der Waals surface area contributed by atoms with Crippen molar-refractivity contribution in [3.63, 3.8) is 0 Å². The zero-order valence-corrected chi connectivity index (χ0v) is 20.4. The Labute approximate surface area is 221 Å². The van der Waals surface area contributed by atoms with Crippen molar-refractivity contribution in [3.05, 3.63) is 124 Å². The molecule has 198 valence electrons. The molecule has 39 heavy (non-hydrogen) atoms. The maximum absolute atomic E-state index is 13.1. The number of hydrogen-bond donors (Lipinski definition) is 1. The summed E-state index contributed by atoms with van der Waals surface area (Å²) < 4.78 is 24.3. The summed E-state index contributed by atoms with van der Waals surface area (Å²) in [6.45, 7) is -0.338. The summed E-state index contributed by atoms with van der Waals surface area (Å²) in [7, 11) is 0. The molecule has 4 unspecified atom stereocenters. The Balaban J connectivity index is 1.45. The van der Waals surface area contributed by atoms with E-state index in [2.05, 4.69) is 10.1 Å². The molecule has 0 spiro atoms. The number of rotatable bonds is 8. The fourth-order valence-electron chi connectivity index (χ4n) is 4.09. The summed E-state index contributed by atoms with van der Waals surface area (Å²) >= 11 is 0. The van der Waals surface area contributed by atoms with Gasteiger partial charge in [-0.15, -0.1) is 0 Å². The van der Waals surface area contributed by atoms with Crippen LogP contribution >= 0.6 is 0 Å². The van der Waals surface area contributed by atoms with Crippen LogP contribution in [0.4, 0.5) is 0 Å². The van der Waals surface area contributed by atoms with Crippen molar-refractivity contribution >= 4 is 17.9 Å². The Morgan fingerprint density at radius 2 is 1.23 bits per heavy atom. The van der Waals surface area contributed by atoms with Gasteiger partial charge in [0.05, 0.1) is 16.7 Å². The van der Waals surface area contributed by atoms with Gasteiger partial charge in [-0.05, 0) is 36.4 Å². The molecule has 1 aliphatic rings. The third kappa shape index (κ3) is 5.94. The summed E-state index contributed by atoms with van der Waals surface area (Å²) in [4.78, 5) is 54.1. The number of carbonyl (C=O) groups is 3. The lowest BCUT2D eigenvalue weighted by Crippen LogP contribution is -2.41. The van der Waals surface area contributed by atoms with Crippen molar-refractivity contribution in [2.45, 2.75) is 24.5 Å². The van der Waals surface area contributed by atoms with Crippen molar-refractivity contribution in [2.75, 3.05) is 6.61 Å². The molecule has 1 aliphatic heterocycles. The largest absolute Gasteiger partial charge is 0.459 e. The van der Waals surface area contributed by atoms with Crippen LogP contribution in [0.25, 0.3) is 0 Å². The third-order valence-corrected chi connectivity index (χ3v) is 5.98. The predicted octanol–water partition coefficient (Wildman–Crippen LogP) is 2.78. The topological polar surface area (TPSA) is 139 Å². The monoisotopic (exact) mass is 529 g/mol. The van der Waals surface area contributed by atoms with Gasteiger partial charge in [0.25, 0.3) is 0 Å². The normalized spacial score (nSPS) is 20.2. The zero-order chi connectivity index (χ0) is 27.2. The van der Waals surface area contributed by atoms with Crippen LogP contribution in [0.15, 0.2) is 102 Å². The number of aromatic amines is 1. The maximum Gasteiger partial charge on any atom is 0.361 e. The molecule has 4 atom stereocenters. The Kier molecular flexibility index (Phi) is 7.60. The van der Waals surface area contributed by atoms with Crippen molar-refractivity contribution in [2.24, 2.45) is 0 Å². The number of carbonyl (C=O) groups excluding carboxylic acids is 3. The second-order valence-corrected chi connectivity index (χ2v) is 8.57. The minimum Gasteiger partial charge on any atom is -0.459 e. The van der Waals surface area contributed by atoms with Crippen LogP contribution in [0.3, 0.4) is 0 Å². The van der Waals surface area contributed by atoms with E-state index < -0.39 is 48.1 Å². The van der Waals surface area contributed by atoms with E-state index in [1.54, 1.807) is 91.0 Å². The van der Waals surface area contributed by atoms with E-state index in [0.29, 0.717) is 5.56 Å². The zero-order valence-electron chi connectivity index (χ0n) is 20.4. The molecular weight excluding hydrogens is 506 g/mol. The second-order valence-electron chi connectivity index (χ2n) is 8.57. The van der Waals surface area contributed by atoms with E-state index >= 15 is 0 Å². The highest BCUT2D eigenvalue weighted by Gasteiger charge is 2.51. The summed E-state index contributed by atoms with van der Waals surface area (Å²) in [5.74, 6) is -2.03. The molecule has 0 radical (unpaired) electrons. The first-order chi connectivity index (χ1) is 19.0. The molecule has 11 heteroatoms. The summed E-state index contributed by atoms with van der Waals surface area (Å²) in [6.07, 6.45) is -3.50. The SMILES string of the molecule is O=C(OCC1OC(n2cnc(=O)[nH]2)C(OC(=O)c2ccccc2)C1OC(=O)c1ccccc1)c1ccccc1. The summed E-state index contributed by atoms with van der Waals surface area (Å²) in [5.41, 5.74) is 0.159. The van der Waals surface area contributed by atoms with Gasteiger partial charge in [-0.2, -0.15) is 4.98 Å². The van der Waals surface area contributed by atoms with Crippen LogP contribution in [0.1, 0.15) is 37.3 Å². The molecule has 2 heterocycles. The minimum atomic E-state index is -1.24. The Morgan fingerprint density at radius 1 is 0.744 bits per heavy atom. The van der Waals surface area contributed by atoms with Gasteiger partial charge in [-0.3, -0.25) is 0 Å². The van der Waals surface area contributed by atoms with Gasteiger partial charge in [0.2, 0.25) is 0 Å². The number of nitrogens with one attached hydrogen (secondary N) is 1. The lowest BCUT2D eigenvalue weighted by Gasteiger charge is -2.24. The van der Waals surface area contributed by atoms with Gasteiger partial charge in [-0.25, -0.2) is 29.0 Å². The Morgan fingerprint density at radius 3 is 1.72 bits per heavy atom. The predicted molar refractivity (Wildman–Crippen MR) is 135 cm³/mol. The van der Waals surface area contributed by atoms with Gasteiger partial charge < -0.3 is 18.9 Å². The highest BCUT2D eigenvalue weighted by Crippen LogP contribution is 2.34. The number of hydrogen-bond acceptors (Lipinski definition) is 9. The molecule has 5 rings (SSSR count). The van der Waals surface area contributed by atoms with E-state index in [1.165, 1.54) is 11.0 Å². The molecule has 0 saturated carbocycles. The molecule has 1 aromatic heterocycles. The molecule has 1 fully saturated rings. The average Bonchev–Trinajstić information content (AvgIpc) is 3.56. The van der Waals surface area contributed by atoms with Crippen molar-refractivity contribution in [1.82, 2.24) is 14.8 Å². The average molecular weight is 530 g/mol. The fourth-order valence-corrected chi connectivity index (χ4v) is 4.09. The van der Waals surface area contributed by atoms with Gasteiger partial charge in [0.1, 0.15) is 19.0 Å². The van der Waals surface area contributed by atoms with Crippen LogP contribution in [-0.2, 0) is 18.9 Å². The van der Waals surface area contributed by atoms with Crippen LogP contribution in [-0.4, -0.2) is 57.6 Å². The lowest BCUT2D eigenvalue weighted by atomic mass is 10.1. The standard InChI is InChI=1S/C28H23N3O8/c32-25(18-10-4-1-5-11-18)36-16-21-22(38-26(33)19-12-6-2-7-13-19)23(24(37-21)31-17-29-28(35)30-31)39-27(34)20-14-8-3-9-15-20/h1-15,17,21-24H,16H2,(H,30,35). The highest BCUT2D eigenvalue weighted by molar-refractivity contribution is 5.91. The van der Waals surface area contributed by atoms with Crippen molar-refractivity contribution < 1.29 is 33.3 Å². The molecule has 0 amide bonds. The lowest BCUT2D eigenvalue weighted by molar-refractivity contribution is -0.0674. The van der Waals surface area contributed by atoms with Crippen LogP contribution in [0, 0.1) is 0 Å². The fraction of sp³-hybridized carbons (Fsp3) is 0.179. The molecule has 3 aromatic carbocycles. The minimum absolute atomic E-state index is 0.252. The molecule has 1 N–H and O–H groups in total. The Bertz CT molecular complexity index is 1490. The van der Waals surface area contributed by atoms with E-state index in [4.69, 9.17) is 18.9 Å². The molecule has 4 aromatic rings. The third-order valence-electron chi connectivity index (χ3n) is 5.98. The smallest absolute Gasteiger partial charge is 0.361 e. The maximum atomic E-state index is 13.1.